The summed E-state index contributed by atoms with van der Waals surface area (Å²) in [5.41, 5.74) is 0.828. The predicted octanol–water partition coefficient (Wildman–Crippen LogP) is 4.32. The minimum Gasteiger partial charge on any atom is -0.334 e. The van der Waals surface area contributed by atoms with Crippen LogP contribution in [0.3, 0.4) is 0 Å². The average molecular weight is 450 g/mol. The normalized spacial score (nSPS) is 14.7. The van der Waals surface area contributed by atoms with Gasteiger partial charge in [-0.15, -0.1) is 0 Å². The van der Waals surface area contributed by atoms with E-state index in [2.05, 4.69) is 20.9 Å². The Kier molecular flexibility index (Phi) is 6.80. The summed E-state index contributed by atoms with van der Waals surface area (Å²) in [7, 11) is 1.95. The lowest BCUT2D eigenvalue weighted by atomic mass is 9.96. The Morgan fingerprint density at radius 1 is 1.06 bits per heavy atom. The molecular weight excluding hydrogens is 422 g/mol. The number of amides is 3. The minimum absolute atomic E-state index is 0.172. The van der Waals surface area contributed by atoms with Crippen molar-refractivity contribution in [2.45, 2.75) is 47.8 Å². The lowest BCUT2D eigenvalue weighted by molar-refractivity contribution is -0.121. The Bertz CT molecular complexity index is 1060. The molecule has 0 spiro atoms. The standard InChI is InChI=1S/C24H27N5O2S/c1-29-16-15-25-23(29)32-20-11-9-19(10-12-20)27-21(30)24(13-5-6-14-24)28-22(31)26-17-18-7-3-2-4-8-18/h2-4,7-12,15-16H,5-6,13-14,17H2,1H3,(H,27,30)(H2,26,28,31). The van der Waals surface area contributed by atoms with Gasteiger partial charge in [-0.25, -0.2) is 9.78 Å². The van der Waals surface area contributed by atoms with Crippen LogP contribution >= 0.6 is 11.8 Å². The fourth-order valence-electron chi connectivity index (χ4n) is 3.84. The van der Waals surface area contributed by atoms with Crippen molar-refractivity contribution in [3.63, 3.8) is 0 Å². The van der Waals surface area contributed by atoms with Crippen molar-refractivity contribution < 1.29 is 9.59 Å². The number of carbonyl (C=O) groups excluding carboxylic acids is 2. The van der Waals surface area contributed by atoms with E-state index in [4.69, 9.17) is 0 Å². The molecule has 3 aromatic rings. The van der Waals surface area contributed by atoms with Crippen LogP contribution in [0, 0.1) is 0 Å². The fraction of sp³-hybridized carbons (Fsp3) is 0.292. The zero-order chi connectivity index (χ0) is 22.4. The van der Waals surface area contributed by atoms with Crippen molar-refractivity contribution >= 4 is 29.4 Å². The number of anilines is 1. The van der Waals surface area contributed by atoms with Crippen LogP contribution < -0.4 is 16.0 Å². The second kappa shape index (κ2) is 9.91. The highest BCUT2D eigenvalue weighted by Gasteiger charge is 2.42. The molecule has 0 atom stereocenters. The molecule has 1 saturated carbocycles. The van der Waals surface area contributed by atoms with Crippen molar-refractivity contribution in [1.29, 1.82) is 0 Å². The third-order valence-electron chi connectivity index (χ3n) is 5.64. The highest BCUT2D eigenvalue weighted by Crippen LogP contribution is 2.32. The third kappa shape index (κ3) is 5.31. The van der Waals surface area contributed by atoms with E-state index in [1.54, 1.807) is 18.0 Å². The van der Waals surface area contributed by atoms with E-state index in [-0.39, 0.29) is 11.9 Å². The second-order valence-electron chi connectivity index (χ2n) is 7.98. The number of carbonyl (C=O) groups is 2. The molecular formula is C24H27N5O2S. The Labute approximate surface area is 192 Å². The quantitative estimate of drug-likeness (QED) is 0.501. The van der Waals surface area contributed by atoms with E-state index in [0.717, 1.165) is 28.5 Å². The summed E-state index contributed by atoms with van der Waals surface area (Å²) in [5, 5.41) is 9.70. The van der Waals surface area contributed by atoms with Crippen LogP contribution in [0.2, 0.25) is 0 Å². The number of imidazole rings is 1. The van der Waals surface area contributed by atoms with Gasteiger partial charge in [0, 0.05) is 36.6 Å². The van der Waals surface area contributed by atoms with Crippen LogP contribution in [0.15, 0.2) is 77.0 Å². The number of aromatic nitrogens is 2. The molecule has 0 radical (unpaired) electrons. The summed E-state index contributed by atoms with van der Waals surface area (Å²) < 4.78 is 1.96. The first-order chi connectivity index (χ1) is 15.5. The summed E-state index contributed by atoms with van der Waals surface area (Å²) in [6, 6.07) is 17.0. The molecule has 8 heteroatoms. The summed E-state index contributed by atoms with van der Waals surface area (Å²) in [6.45, 7) is 0.416. The van der Waals surface area contributed by atoms with E-state index in [0.29, 0.717) is 25.1 Å². The number of hydrogen-bond donors (Lipinski definition) is 3. The molecule has 1 aliphatic carbocycles. The lowest BCUT2D eigenvalue weighted by Crippen LogP contribution is -2.57. The molecule has 3 amide bonds. The maximum Gasteiger partial charge on any atom is 0.315 e. The molecule has 0 bridgehead atoms. The number of rotatable bonds is 7. The van der Waals surface area contributed by atoms with Gasteiger partial charge in [-0.3, -0.25) is 4.79 Å². The molecule has 1 aliphatic rings. The van der Waals surface area contributed by atoms with Crippen LogP contribution in [0.4, 0.5) is 10.5 Å². The van der Waals surface area contributed by atoms with Crippen molar-refractivity contribution in [3.8, 4) is 0 Å². The molecule has 1 aromatic heterocycles. The van der Waals surface area contributed by atoms with Crippen molar-refractivity contribution in [3.05, 3.63) is 72.6 Å². The second-order valence-corrected chi connectivity index (χ2v) is 9.02. The highest BCUT2D eigenvalue weighted by atomic mass is 32.2. The first-order valence-electron chi connectivity index (χ1n) is 10.7. The molecule has 3 N–H and O–H groups in total. The van der Waals surface area contributed by atoms with Crippen LogP contribution in [-0.4, -0.2) is 27.0 Å². The van der Waals surface area contributed by atoms with Gasteiger partial charge >= 0.3 is 6.03 Å². The van der Waals surface area contributed by atoms with Crippen LogP contribution in [0.25, 0.3) is 0 Å². The number of nitrogens with one attached hydrogen (secondary N) is 3. The van der Waals surface area contributed by atoms with Gasteiger partial charge in [0.05, 0.1) is 0 Å². The summed E-state index contributed by atoms with van der Waals surface area (Å²) >= 11 is 1.56. The molecule has 1 fully saturated rings. The van der Waals surface area contributed by atoms with E-state index >= 15 is 0 Å². The smallest absolute Gasteiger partial charge is 0.315 e. The number of urea groups is 1. The maximum atomic E-state index is 13.2. The number of aryl methyl sites for hydroxylation is 1. The fourth-order valence-corrected chi connectivity index (χ4v) is 4.64. The SMILES string of the molecule is Cn1ccnc1Sc1ccc(NC(=O)C2(NC(=O)NCc3ccccc3)CCCC2)cc1. The zero-order valence-electron chi connectivity index (χ0n) is 18.0. The number of hydrogen-bond acceptors (Lipinski definition) is 4. The van der Waals surface area contributed by atoms with Gasteiger partial charge in [-0.05, 0) is 42.7 Å². The first kappa shape index (κ1) is 22.0. The monoisotopic (exact) mass is 449 g/mol. The summed E-state index contributed by atoms with van der Waals surface area (Å²) in [4.78, 5) is 31.1. The largest absolute Gasteiger partial charge is 0.334 e. The first-order valence-corrected chi connectivity index (χ1v) is 11.5. The zero-order valence-corrected chi connectivity index (χ0v) is 18.8. The van der Waals surface area contributed by atoms with E-state index < -0.39 is 5.54 Å². The van der Waals surface area contributed by atoms with Crippen LogP contribution in [-0.2, 0) is 18.4 Å². The Morgan fingerprint density at radius 2 is 1.78 bits per heavy atom. The molecule has 1 heterocycles. The molecule has 166 valence electrons. The maximum absolute atomic E-state index is 13.2. The van der Waals surface area contributed by atoms with Gasteiger partial charge in [-0.2, -0.15) is 0 Å². The minimum atomic E-state index is -0.888. The van der Waals surface area contributed by atoms with Gasteiger partial charge in [0.15, 0.2) is 5.16 Å². The summed E-state index contributed by atoms with van der Waals surface area (Å²) in [6.07, 6.45) is 6.74. The van der Waals surface area contributed by atoms with Gasteiger partial charge in [0.1, 0.15) is 5.54 Å². The Morgan fingerprint density at radius 3 is 2.44 bits per heavy atom. The molecule has 4 rings (SSSR count). The number of nitrogens with zero attached hydrogens (tertiary/aromatic N) is 2. The molecule has 0 unspecified atom stereocenters. The van der Waals surface area contributed by atoms with Gasteiger partial charge in [0.25, 0.3) is 0 Å². The summed E-state index contributed by atoms with van der Waals surface area (Å²) in [5.74, 6) is -0.172. The van der Waals surface area contributed by atoms with Crippen molar-refractivity contribution in [1.82, 2.24) is 20.2 Å². The van der Waals surface area contributed by atoms with E-state index in [9.17, 15) is 9.59 Å². The van der Waals surface area contributed by atoms with Crippen LogP contribution in [0.5, 0.6) is 0 Å². The molecule has 0 saturated heterocycles. The van der Waals surface area contributed by atoms with E-state index in [1.165, 1.54) is 0 Å². The van der Waals surface area contributed by atoms with E-state index in [1.807, 2.05) is 72.4 Å². The highest BCUT2D eigenvalue weighted by molar-refractivity contribution is 7.99. The number of benzene rings is 2. The molecule has 7 nitrogen and oxygen atoms in total. The topological polar surface area (TPSA) is 88.1 Å². The Balaban J connectivity index is 1.36. The van der Waals surface area contributed by atoms with Gasteiger partial charge in [-0.1, -0.05) is 54.9 Å². The Hall–Kier alpha value is -3.26. The van der Waals surface area contributed by atoms with Crippen molar-refractivity contribution in [2.75, 3.05) is 5.32 Å². The van der Waals surface area contributed by atoms with Crippen molar-refractivity contribution in [2.24, 2.45) is 7.05 Å². The van der Waals surface area contributed by atoms with Crippen LogP contribution in [0.1, 0.15) is 31.2 Å². The molecule has 32 heavy (non-hydrogen) atoms. The van der Waals surface area contributed by atoms with Gasteiger partial charge in [0.2, 0.25) is 5.91 Å². The molecule has 2 aromatic carbocycles. The molecule has 0 aliphatic heterocycles. The lowest BCUT2D eigenvalue weighted by Gasteiger charge is -2.29. The predicted molar refractivity (Wildman–Crippen MR) is 125 cm³/mol. The third-order valence-corrected chi connectivity index (χ3v) is 6.72. The average Bonchev–Trinajstić information content (AvgIpc) is 3.44. The van der Waals surface area contributed by atoms with Gasteiger partial charge < -0.3 is 20.5 Å².